The first-order valence-electron chi connectivity index (χ1n) is 17.0. The number of piperidine rings is 2. The molecular formula is C36H41BrN8O6. The quantitative estimate of drug-likeness (QED) is 0.378. The Hall–Kier alpha value is -4.89. The lowest BCUT2D eigenvalue weighted by Crippen LogP contribution is -2.73. The summed E-state index contributed by atoms with van der Waals surface area (Å²) < 4.78 is 1.57. The van der Waals surface area contributed by atoms with E-state index in [2.05, 4.69) is 43.2 Å². The molecule has 1 atom stereocenters. The molecular weight excluding hydrogens is 720 g/mol. The Kier molecular flexibility index (Phi) is 10.4. The molecule has 3 N–H and O–H groups in total. The lowest BCUT2D eigenvalue weighted by atomic mass is 9.72. The zero-order valence-electron chi connectivity index (χ0n) is 28.6. The number of nitrogens with two attached hydrogens (primary N) is 1. The number of aromatic nitrogens is 2. The highest BCUT2D eigenvalue weighted by atomic mass is 79.9. The lowest BCUT2D eigenvalue weighted by Gasteiger charge is -2.61. The smallest absolute Gasteiger partial charge is 0.282 e. The Morgan fingerprint density at radius 2 is 1.57 bits per heavy atom. The SMILES string of the molecule is CN1CCCCC1.Cn1ncc(N)c(Br)c1=O.O=C1CCC(N2C(=O)c3ccc(N4CC5(CN(C(=O)c6ccccc6)C5)C4)cc3C2=O)C(=O)N1. The van der Waals surface area contributed by atoms with Gasteiger partial charge in [-0.2, -0.15) is 5.10 Å². The third-order valence-electron chi connectivity index (χ3n) is 9.89. The highest BCUT2D eigenvalue weighted by molar-refractivity contribution is 9.10. The zero-order chi connectivity index (χ0) is 36.4. The minimum Gasteiger partial charge on any atom is -0.396 e. The Labute approximate surface area is 303 Å². The van der Waals surface area contributed by atoms with Crippen molar-refractivity contribution in [1.82, 2.24) is 29.8 Å². The molecule has 1 spiro atoms. The average Bonchev–Trinajstić information content (AvgIpc) is 3.34. The van der Waals surface area contributed by atoms with Crippen LogP contribution in [-0.4, -0.2) is 106 Å². The van der Waals surface area contributed by atoms with Crippen LogP contribution in [0.1, 0.15) is 63.2 Å². The van der Waals surface area contributed by atoms with E-state index in [9.17, 15) is 28.8 Å². The van der Waals surface area contributed by atoms with Gasteiger partial charge in [0, 0.05) is 56.3 Å². The monoisotopic (exact) mass is 760 g/mol. The van der Waals surface area contributed by atoms with E-state index >= 15 is 0 Å². The maximum absolute atomic E-state index is 13.0. The zero-order valence-corrected chi connectivity index (χ0v) is 30.2. The van der Waals surface area contributed by atoms with Gasteiger partial charge in [-0.05, 0) is 85.7 Å². The van der Waals surface area contributed by atoms with Crippen molar-refractivity contribution in [1.29, 1.82) is 0 Å². The van der Waals surface area contributed by atoms with Gasteiger partial charge in [0.25, 0.3) is 23.3 Å². The minimum absolute atomic E-state index is 0.0415. The van der Waals surface area contributed by atoms with Gasteiger partial charge in [0.2, 0.25) is 11.8 Å². The van der Waals surface area contributed by atoms with Crippen molar-refractivity contribution in [2.45, 2.75) is 38.1 Å². The number of imide groups is 2. The molecule has 5 aliphatic rings. The first-order valence-corrected chi connectivity index (χ1v) is 17.8. The van der Waals surface area contributed by atoms with Gasteiger partial charge in [-0.1, -0.05) is 24.6 Å². The summed E-state index contributed by atoms with van der Waals surface area (Å²) >= 11 is 3.03. The Morgan fingerprint density at radius 1 is 0.902 bits per heavy atom. The molecule has 0 radical (unpaired) electrons. The van der Waals surface area contributed by atoms with E-state index in [0.717, 1.165) is 23.7 Å². The summed E-state index contributed by atoms with van der Waals surface area (Å²) in [4.78, 5) is 80.5. The highest BCUT2D eigenvalue weighted by Gasteiger charge is 2.53. The van der Waals surface area contributed by atoms with Gasteiger partial charge in [0.05, 0.1) is 23.0 Å². The number of rotatable bonds is 3. The standard InChI is InChI=1S/C25H22N4O5.C6H13N.C5H6BrN3O/c30-20-9-8-19(21(31)26-20)29-23(33)17-7-6-16(10-18(17)24(29)34)27-11-25(12-27)13-28(14-25)22(32)15-4-2-1-3-5-15;1-7-5-3-2-4-6-7;1-9-5(10)4(6)3(7)2-8-9/h1-7,10,19H,8-9,11-14H2,(H,26,30,31);2-6H2,1H3;2H,7H2,1H3. The van der Waals surface area contributed by atoms with Crippen LogP contribution >= 0.6 is 15.9 Å². The number of nitrogens with one attached hydrogen (secondary N) is 1. The number of fused-ring (bicyclic) bond motifs is 1. The fourth-order valence-electron chi connectivity index (χ4n) is 7.05. The highest BCUT2D eigenvalue weighted by Crippen LogP contribution is 2.43. The van der Waals surface area contributed by atoms with Crippen molar-refractivity contribution >= 4 is 56.8 Å². The first kappa shape index (κ1) is 35.9. The van der Waals surface area contributed by atoms with Crippen molar-refractivity contribution in [3.63, 3.8) is 0 Å². The van der Waals surface area contributed by atoms with Crippen molar-refractivity contribution in [3.8, 4) is 0 Å². The Morgan fingerprint density at radius 3 is 2.18 bits per heavy atom. The van der Waals surface area contributed by atoms with Gasteiger partial charge in [0.15, 0.2) is 0 Å². The molecule has 4 fully saturated rings. The van der Waals surface area contributed by atoms with Gasteiger partial charge in [-0.3, -0.25) is 39.0 Å². The molecule has 0 aliphatic carbocycles. The Bertz CT molecular complexity index is 1910. The summed E-state index contributed by atoms with van der Waals surface area (Å²) in [6.45, 7) is 5.57. The first-order chi connectivity index (χ1) is 24.4. The molecule has 1 unspecified atom stereocenters. The number of benzene rings is 2. The summed E-state index contributed by atoms with van der Waals surface area (Å²) in [7, 11) is 3.76. The number of anilines is 2. The minimum atomic E-state index is -0.969. The van der Waals surface area contributed by atoms with Crippen LogP contribution < -0.4 is 21.5 Å². The van der Waals surface area contributed by atoms with E-state index in [1.807, 2.05) is 41.3 Å². The summed E-state index contributed by atoms with van der Waals surface area (Å²) in [5.74, 6) is -1.98. The summed E-state index contributed by atoms with van der Waals surface area (Å²) in [6, 6.07) is 13.4. The normalized spacial score (nSPS) is 20.7. The number of carbonyl (C=O) groups excluding carboxylic acids is 5. The number of nitrogen functional groups attached to an aromatic ring is 1. The fraction of sp³-hybridized carbons (Fsp3) is 0.417. The number of hydrogen-bond acceptors (Lipinski definition) is 10. The number of amides is 5. The van der Waals surface area contributed by atoms with E-state index in [1.54, 1.807) is 19.2 Å². The molecule has 3 aromatic rings. The number of likely N-dealkylation sites (tertiary alicyclic amines) is 2. The largest absolute Gasteiger partial charge is 0.396 e. The second-order valence-electron chi connectivity index (χ2n) is 13.8. The third kappa shape index (κ3) is 7.45. The van der Waals surface area contributed by atoms with Gasteiger partial charge >= 0.3 is 0 Å². The molecule has 14 nitrogen and oxygen atoms in total. The second-order valence-corrected chi connectivity index (χ2v) is 14.6. The summed E-state index contributed by atoms with van der Waals surface area (Å²) in [5, 5.41) is 5.89. The molecule has 6 heterocycles. The van der Waals surface area contributed by atoms with Gasteiger partial charge in [-0.15, -0.1) is 0 Å². The predicted molar refractivity (Wildman–Crippen MR) is 193 cm³/mol. The molecule has 1 aromatic heterocycles. The number of halogens is 1. The molecule has 4 saturated heterocycles. The molecule has 51 heavy (non-hydrogen) atoms. The molecule has 2 aromatic carbocycles. The van der Waals surface area contributed by atoms with Gasteiger partial charge in [-0.25, -0.2) is 4.68 Å². The van der Waals surface area contributed by atoms with Crippen LogP contribution in [0.4, 0.5) is 11.4 Å². The van der Waals surface area contributed by atoms with E-state index < -0.39 is 29.7 Å². The van der Waals surface area contributed by atoms with Crippen LogP contribution in [0.5, 0.6) is 0 Å². The van der Waals surface area contributed by atoms with Gasteiger partial charge in [0.1, 0.15) is 10.5 Å². The second kappa shape index (κ2) is 14.8. The average molecular weight is 762 g/mol. The number of nitrogens with zero attached hydrogens (tertiary/aromatic N) is 6. The van der Waals surface area contributed by atoms with Crippen LogP contribution in [-0.2, 0) is 16.6 Å². The maximum Gasteiger partial charge on any atom is 0.282 e. The van der Waals surface area contributed by atoms with Crippen LogP contribution in [0.15, 0.2) is 64.0 Å². The third-order valence-corrected chi connectivity index (χ3v) is 10.7. The number of aryl methyl sites for hydroxylation is 1. The number of carbonyl (C=O) groups is 5. The molecule has 8 rings (SSSR count). The topological polar surface area (TPSA) is 171 Å². The molecule has 5 amide bonds. The van der Waals surface area contributed by atoms with E-state index in [1.165, 1.54) is 43.2 Å². The predicted octanol–water partition coefficient (Wildman–Crippen LogP) is 2.28. The number of hydrogen-bond donors (Lipinski definition) is 2. The summed E-state index contributed by atoms with van der Waals surface area (Å²) in [5.41, 5.74) is 7.65. The molecule has 268 valence electrons. The van der Waals surface area contributed by atoms with Crippen LogP contribution in [0.3, 0.4) is 0 Å². The maximum atomic E-state index is 13.0. The molecule has 0 bridgehead atoms. The van der Waals surface area contributed by atoms with Gasteiger partial charge < -0.3 is 20.4 Å². The van der Waals surface area contributed by atoms with E-state index in [4.69, 9.17) is 5.73 Å². The van der Waals surface area contributed by atoms with Crippen molar-refractivity contribution in [2.75, 3.05) is 56.9 Å². The van der Waals surface area contributed by atoms with Crippen LogP contribution in [0.25, 0.3) is 0 Å². The molecule has 5 aliphatic heterocycles. The van der Waals surface area contributed by atoms with Crippen molar-refractivity contribution < 1.29 is 24.0 Å². The van der Waals surface area contributed by atoms with E-state index in [0.29, 0.717) is 28.8 Å². The summed E-state index contributed by atoms with van der Waals surface area (Å²) in [6.07, 6.45) is 5.92. The fourth-order valence-corrected chi connectivity index (χ4v) is 7.41. The van der Waals surface area contributed by atoms with Crippen molar-refractivity contribution in [3.05, 3.63) is 86.2 Å². The molecule has 0 saturated carbocycles. The molecule has 15 heteroatoms. The van der Waals surface area contributed by atoms with Crippen LogP contribution in [0, 0.1) is 5.41 Å². The lowest BCUT2D eigenvalue weighted by molar-refractivity contribution is -0.136. The van der Waals surface area contributed by atoms with Crippen LogP contribution in [0.2, 0.25) is 0 Å². The Balaban J connectivity index is 0.000000216. The van der Waals surface area contributed by atoms with Crippen molar-refractivity contribution in [2.24, 2.45) is 12.5 Å². The van der Waals surface area contributed by atoms with E-state index in [-0.39, 0.29) is 40.8 Å².